The maximum absolute atomic E-state index is 12.8. The van der Waals surface area contributed by atoms with E-state index in [4.69, 9.17) is 4.42 Å². The van der Waals surface area contributed by atoms with Crippen LogP contribution in [0.4, 0.5) is 13.2 Å². The summed E-state index contributed by atoms with van der Waals surface area (Å²) < 4.78 is 43.9. The molecule has 1 aromatic heterocycles. The van der Waals surface area contributed by atoms with Gasteiger partial charge in [0.15, 0.2) is 5.96 Å². The van der Waals surface area contributed by atoms with Gasteiger partial charge in [-0.3, -0.25) is 0 Å². The number of oxazole rings is 1. The van der Waals surface area contributed by atoms with E-state index >= 15 is 0 Å². The van der Waals surface area contributed by atoms with E-state index in [0.717, 1.165) is 5.56 Å². The van der Waals surface area contributed by atoms with Crippen molar-refractivity contribution in [3.63, 3.8) is 0 Å². The van der Waals surface area contributed by atoms with E-state index in [1.807, 2.05) is 37.3 Å². The fraction of sp³-hybridized carbons (Fsp3) is 0.500. The smallest absolute Gasteiger partial charge is 0.391 e. The van der Waals surface area contributed by atoms with Gasteiger partial charge in [-0.05, 0) is 44.7 Å². The van der Waals surface area contributed by atoms with Crippen molar-refractivity contribution < 1.29 is 17.6 Å². The average molecular weight is 394 g/mol. The van der Waals surface area contributed by atoms with Gasteiger partial charge in [-0.1, -0.05) is 18.2 Å². The first kappa shape index (κ1) is 20.2. The summed E-state index contributed by atoms with van der Waals surface area (Å²) in [5, 5.41) is 6.39. The van der Waals surface area contributed by atoms with Gasteiger partial charge in [0.25, 0.3) is 0 Å². The molecule has 0 unspecified atom stereocenters. The molecule has 0 spiro atoms. The summed E-state index contributed by atoms with van der Waals surface area (Å²) >= 11 is 0. The van der Waals surface area contributed by atoms with Crippen molar-refractivity contribution in [3.05, 3.63) is 42.3 Å². The molecule has 1 fully saturated rings. The van der Waals surface area contributed by atoms with Crippen LogP contribution in [0.25, 0.3) is 11.5 Å². The highest BCUT2D eigenvalue weighted by molar-refractivity contribution is 5.80. The molecule has 1 aliphatic rings. The number of aromatic nitrogens is 1. The minimum Gasteiger partial charge on any atom is -0.444 e. The second-order valence-corrected chi connectivity index (χ2v) is 6.94. The van der Waals surface area contributed by atoms with E-state index in [1.165, 1.54) is 0 Å². The number of rotatable bonds is 5. The maximum atomic E-state index is 12.8. The lowest BCUT2D eigenvalue weighted by atomic mass is 9.85. The van der Waals surface area contributed by atoms with Crippen LogP contribution in [-0.2, 0) is 6.54 Å². The maximum Gasteiger partial charge on any atom is 0.391 e. The summed E-state index contributed by atoms with van der Waals surface area (Å²) in [5.74, 6) is -0.0620. The van der Waals surface area contributed by atoms with Crippen molar-refractivity contribution >= 4 is 5.96 Å². The third kappa shape index (κ3) is 5.50. The van der Waals surface area contributed by atoms with Crippen molar-refractivity contribution in [3.8, 4) is 11.5 Å². The van der Waals surface area contributed by atoms with E-state index in [0.29, 0.717) is 43.5 Å². The topological polar surface area (TPSA) is 62.5 Å². The minimum atomic E-state index is -4.09. The van der Waals surface area contributed by atoms with Gasteiger partial charge in [-0.25, -0.2) is 9.98 Å². The van der Waals surface area contributed by atoms with Gasteiger partial charge in [-0.15, -0.1) is 0 Å². The molecule has 1 aliphatic carbocycles. The molecule has 1 saturated carbocycles. The first-order valence-electron chi connectivity index (χ1n) is 9.57. The Morgan fingerprint density at radius 3 is 2.54 bits per heavy atom. The van der Waals surface area contributed by atoms with Crippen molar-refractivity contribution in [2.45, 2.75) is 51.4 Å². The van der Waals surface area contributed by atoms with E-state index in [2.05, 4.69) is 20.6 Å². The number of hydrogen-bond acceptors (Lipinski definition) is 3. The lowest BCUT2D eigenvalue weighted by Crippen LogP contribution is -2.45. The zero-order valence-corrected chi connectivity index (χ0v) is 15.8. The number of benzene rings is 1. The zero-order chi connectivity index (χ0) is 20.0. The minimum absolute atomic E-state index is 0.00594. The Hall–Kier alpha value is -2.51. The van der Waals surface area contributed by atoms with Gasteiger partial charge >= 0.3 is 6.18 Å². The predicted octanol–water partition coefficient (Wildman–Crippen LogP) is 4.52. The van der Waals surface area contributed by atoms with E-state index in [-0.39, 0.29) is 18.9 Å². The SMILES string of the molecule is CCNC(=NCc1coc(-c2ccccc2)n1)NC1CCC(C(F)(F)F)CC1. The Balaban J connectivity index is 1.57. The van der Waals surface area contributed by atoms with Crippen LogP contribution >= 0.6 is 0 Å². The number of alkyl halides is 3. The van der Waals surface area contributed by atoms with Crippen molar-refractivity contribution in [2.75, 3.05) is 6.54 Å². The molecule has 0 amide bonds. The van der Waals surface area contributed by atoms with Crippen LogP contribution in [0.1, 0.15) is 38.3 Å². The van der Waals surface area contributed by atoms with Crippen LogP contribution in [0.3, 0.4) is 0 Å². The quantitative estimate of drug-likeness (QED) is 0.578. The van der Waals surface area contributed by atoms with E-state index in [9.17, 15) is 13.2 Å². The third-order valence-corrected chi connectivity index (χ3v) is 4.85. The fourth-order valence-electron chi connectivity index (χ4n) is 3.33. The Kier molecular flexibility index (Phi) is 6.59. The van der Waals surface area contributed by atoms with Gasteiger partial charge in [0, 0.05) is 18.2 Å². The van der Waals surface area contributed by atoms with Crippen LogP contribution in [0.5, 0.6) is 0 Å². The average Bonchev–Trinajstić information content (AvgIpc) is 3.16. The van der Waals surface area contributed by atoms with Gasteiger partial charge < -0.3 is 15.1 Å². The first-order chi connectivity index (χ1) is 13.5. The monoisotopic (exact) mass is 394 g/mol. The molecule has 2 aromatic rings. The molecule has 0 bridgehead atoms. The highest BCUT2D eigenvalue weighted by Gasteiger charge is 2.41. The molecule has 3 rings (SSSR count). The number of hydrogen-bond donors (Lipinski definition) is 2. The van der Waals surface area contributed by atoms with E-state index in [1.54, 1.807) is 6.26 Å². The van der Waals surface area contributed by atoms with Gasteiger partial charge in [-0.2, -0.15) is 13.2 Å². The fourth-order valence-corrected chi connectivity index (χ4v) is 3.33. The molecular formula is C20H25F3N4O. The second kappa shape index (κ2) is 9.12. The van der Waals surface area contributed by atoms with Gasteiger partial charge in [0.2, 0.25) is 5.89 Å². The summed E-state index contributed by atoms with van der Waals surface area (Å²) in [6.07, 6.45) is -1.24. The molecule has 5 nitrogen and oxygen atoms in total. The molecule has 0 aliphatic heterocycles. The van der Waals surface area contributed by atoms with Crippen LogP contribution < -0.4 is 10.6 Å². The Morgan fingerprint density at radius 2 is 1.89 bits per heavy atom. The van der Waals surface area contributed by atoms with Crippen molar-refractivity contribution in [1.29, 1.82) is 0 Å². The Bertz CT molecular complexity index is 765. The highest BCUT2D eigenvalue weighted by Crippen LogP contribution is 2.37. The third-order valence-electron chi connectivity index (χ3n) is 4.85. The lowest BCUT2D eigenvalue weighted by molar-refractivity contribution is -0.182. The molecular weight excluding hydrogens is 369 g/mol. The summed E-state index contributed by atoms with van der Waals surface area (Å²) in [4.78, 5) is 8.94. The summed E-state index contributed by atoms with van der Waals surface area (Å²) in [7, 11) is 0. The lowest BCUT2D eigenvalue weighted by Gasteiger charge is -2.31. The molecule has 2 N–H and O–H groups in total. The molecule has 1 aromatic carbocycles. The number of guanidine groups is 1. The Labute approximate surface area is 162 Å². The molecule has 0 saturated heterocycles. The molecule has 152 valence electrons. The van der Waals surface area contributed by atoms with Gasteiger partial charge in [0.1, 0.15) is 12.0 Å². The summed E-state index contributed by atoms with van der Waals surface area (Å²) in [5.41, 5.74) is 1.58. The summed E-state index contributed by atoms with van der Waals surface area (Å²) in [6, 6.07) is 9.59. The van der Waals surface area contributed by atoms with Crippen LogP contribution in [0, 0.1) is 5.92 Å². The normalized spacial score (nSPS) is 20.8. The van der Waals surface area contributed by atoms with Crippen LogP contribution in [-0.4, -0.2) is 29.7 Å². The second-order valence-electron chi connectivity index (χ2n) is 6.94. The molecule has 0 radical (unpaired) electrons. The Morgan fingerprint density at radius 1 is 1.18 bits per heavy atom. The highest BCUT2D eigenvalue weighted by atomic mass is 19.4. The number of nitrogens with one attached hydrogen (secondary N) is 2. The van der Waals surface area contributed by atoms with Crippen molar-refractivity contribution in [1.82, 2.24) is 15.6 Å². The number of aliphatic imine (C=N–C) groups is 1. The molecule has 8 heteroatoms. The van der Waals surface area contributed by atoms with Gasteiger partial charge in [0.05, 0.1) is 12.5 Å². The largest absolute Gasteiger partial charge is 0.444 e. The predicted molar refractivity (Wildman–Crippen MR) is 102 cm³/mol. The first-order valence-corrected chi connectivity index (χ1v) is 9.57. The standard InChI is InChI=1S/C20H25F3N4O/c1-2-24-19(27-16-10-8-15(9-11-16)20(21,22)23)25-12-17-13-28-18(26-17)14-6-4-3-5-7-14/h3-7,13,15-16H,2,8-12H2,1H3,(H2,24,25,27). The number of halogens is 3. The summed E-state index contributed by atoms with van der Waals surface area (Å²) in [6.45, 7) is 2.93. The molecule has 1 heterocycles. The van der Waals surface area contributed by atoms with Crippen LogP contribution in [0.2, 0.25) is 0 Å². The number of nitrogens with zero attached hydrogens (tertiary/aromatic N) is 2. The van der Waals surface area contributed by atoms with Crippen molar-refractivity contribution in [2.24, 2.45) is 10.9 Å². The molecule has 28 heavy (non-hydrogen) atoms. The zero-order valence-electron chi connectivity index (χ0n) is 15.8. The van der Waals surface area contributed by atoms with Crippen LogP contribution in [0.15, 0.2) is 46.0 Å². The van der Waals surface area contributed by atoms with E-state index < -0.39 is 12.1 Å². The molecule has 0 atom stereocenters.